The molecule has 0 amide bonds. The van der Waals surface area contributed by atoms with E-state index in [0.29, 0.717) is 17.2 Å². The molecule has 114 valence electrons. The summed E-state index contributed by atoms with van der Waals surface area (Å²) in [6.45, 7) is 9.91. The highest BCUT2D eigenvalue weighted by atomic mass is 35.5. The van der Waals surface area contributed by atoms with Crippen LogP contribution >= 0.6 is 22.9 Å². The van der Waals surface area contributed by atoms with E-state index in [0.717, 1.165) is 29.1 Å². The van der Waals surface area contributed by atoms with Crippen molar-refractivity contribution in [1.29, 1.82) is 0 Å². The van der Waals surface area contributed by atoms with Gasteiger partial charge in [-0.05, 0) is 57.3 Å². The van der Waals surface area contributed by atoms with Crippen molar-refractivity contribution in [2.24, 2.45) is 5.92 Å². The van der Waals surface area contributed by atoms with Crippen LogP contribution in [0, 0.1) is 12.8 Å². The zero-order chi connectivity index (χ0) is 15.0. The average molecular weight is 325 g/mol. The van der Waals surface area contributed by atoms with Crippen molar-refractivity contribution in [3.63, 3.8) is 0 Å². The Morgan fingerprint density at radius 1 is 1.48 bits per heavy atom. The van der Waals surface area contributed by atoms with E-state index in [-0.39, 0.29) is 0 Å². The van der Waals surface area contributed by atoms with Crippen molar-refractivity contribution in [3.8, 4) is 0 Å². The van der Waals surface area contributed by atoms with Crippen molar-refractivity contribution in [3.05, 3.63) is 16.2 Å². The monoisotopic (exact) mass is 324 g/mol. The van der Waals surface area contributed by atoms with Gasteiger partial charge in [0.1, 0.15) is 10.6 Å². The van der Waals surface area contributed by atoms with Crippen LogP contribution in [0.4, 0.5) is 5.82 Å². The second-order valence-electron chi connectivity index (χ2n) is 6.04. The summed E-state index contributed by atoms with van der Waals surface area (Å²) in [5.74, 6) is 1.55. The molecule has 1 N–H and O–H groups in total. The summed E-state index contributed by atoms with van der Waals surface area (Å²) in [6.07, 6.45) is 1.25. The predicted molar refractivity (Wildman–Crippen MR) is 90.5 cm³/mol. The molecule has 0 spiro atoms. The number of anilines is 1. The Balaban J connectivity index is 1.71. The largest absolute Gasteiger partial charge is 0.369 e. The van der Waals surface area contributed by atoms with Crippen LogP contribution in [-0.2, 0) is 0 Å². The molecular weight excluding hydrogens is 304 g/mol. The maximum Gasteiger partial charge on any atom is 0.225 e. The third-order valence-electron chi connectivity index (χ3n) is 4.09. The normalized spacial score (nSPS) is 19.8. The van der Waals surface area contributed by atoms with E-state index in [2.05, 4.69) is 47.0 Å². The zero-order valence-electron chi connectivity index (χ0n) is 12.7. The number of likely N-dealkylation sites (tertiary alicyclic amines) is 1. The fourth-order valence-corrected chi connectivity index (χ4v) is 3.99. The van der Waals surface area contributed by atoms with Gasteiger partial charge in [0.15, 0.2) is 0 Å². The number of aryl methyl sites for hydroxylation is 1. The van der Waals surface area contributed by atoms with Gasteiger partial charge in [-0.15, -0.1) is 11.3 Å². The second-order valence-corrected chi connectivity index (χ2v) is 7.61. The van der Waals surface area contributed by atoms with Gasteiger partial charge in [0.2, 0.25) is 5.28 Å². The Bertz CT molecular complexity index is 640. The minimum Gasteiger partial charge on any atom is -0.369 e. The van der Waals surface area contributed by atoms with Crippen LogP contribution in [0.3, 0.4) is 0 Å². The Morgan fingerprint density at radius 3 is 3.00 bits per heavy atom. The number of hydrogen-bond acceptors (Lipinski definition) is 5. The first-order valence-electron chi connectivity index (χ1n) is 7.44. The summed E-state index contributed by atoms with van der Waals surface area (Å²) in [7, 11) is 0. The van der Waals surface area contributed by atoms with E-state index in [1.807, 2.05) is 0 Å². The number of thiophene rings is 1. The molecule has 1 aliphatic rings. The highest BCUT2D eigenvalue weighted by Crippen LogP contribution is 2.30. The average Bonchev–Trinajstić information content (AvgIpc) is 3.01. The van der Waals surface area contributed by atoms with Crippen molar-refractivity contribution in [1.82, 2.24) is 14.9 Å². The minimum absolute atomic E-state index is 0.321. The molecule has 1 unspecified atom stereocenters. The molecule has 1 atom stereocenters. The molecule has 3 heterocycles. The topological polar surface area (TPSA) is 41.0 Å². The first-order valence-corrected chi connectivity index (χ1v) is 8.64. The summed E-state index contributed by atoms with van der Waals surface area (Å²) in [5.41, 5.74) is 0. The van der Waals surface area contributed by atoms with Gasteiger partial charge in [-0.25, -0.2) is 9.97 Å². The van der Waals surface area contributed by atoms with E-state index in [9.17, 15) is 0 Å². The molecule has 2 aromatic heterocycles. The molecule has 0 saturated carbocycles. The molecule has 0 bridgehead atoms. The quantitative estimate of drug-likeness (QED) is 0.869. The third-order valence-corrected chi connectivity index (χ3v) is 5.21. The second kappa shape index (κ2) is 6.07. The Hall–Kier alpha value is -0.910. The number of hydrogen-bond donors (Lipinski definition) is 1. The summed E-state index contributed by atoms with van der Waals surface area (Å²) >= 11 is 7.69. The highest BCUT2D eigenvalue weighted by Gasteiger charge is 2.24. The first kappa shape index (κ1) is 15.0. The van der Waals surface area contributed by atoms with Gasteiger partial charge in [0.25, 0.3) is 0 Å². The molecule has 1 fully saturated rings. The number of aromatic nitrogens is 2. The van der Waals surface area contributed by atoms with E-state index in [4.69, 9.17) is 11.6 Å². The van der Waals surface area contributed by atoms with E-state index >= 15 is 0 Å². The van der Waals surface area contributed by atoms with E-state index in [1.165, 1.54) is 17.8 Å². The molecular formula is C15H21ClN4S. The number of rotatable bonds is 4. The maximum atomic E-state index is 6.03. The molecule has 0 radical (unpaired) electrons. The van der Waals surface area contributed by atoms with Crippen LogP contribution < -0.4 is 5.32 Å². The van der Waals surface area contributed by atoms with Crippen LogP contribution in [0.1, 0.15) is 25.1 Å². The lowest BCUT2D eigenvalue weighted by atomic mass is 10.1. The molecule has 1 saturated heterocycles. The summed E-state index contributed by atoms with van der Waals surface area (Å²) in [4.78, 5) is 13.4. The highest BCUT2D eigenvalue weighted by molar-refractivity contribution is 7.18. The van der Waals surface area contributed by atoms with Gasteiger partial charge in [-0.2, -0.15) is 0 Å². The lowest BCUT2D eigenvalue weighted by molar-refractivity contribution is 0.266. The van der Waals surface area contributed by atoms with Crippen molar-refractivity contribution >= 4 is 39.0 Å². The molecule has 0 aromatic carbocycles. The predicted octanol–water partition coefficient (Wildman–Crippen LogP) is 3.80. The Kier molecular flexibility index (Phi) is 4.33. The SMILES string of the molecule is Cc1cc2c(NCC3CCN(C(C)C)C3)nc(Cl)nc2s1. The smallest absolute Gasteiger partial charge is 0.225 e. The van der Waals surface area contributed by atoms with Gasteiger partial charge in [0.05, 0.1) is 5.39 Å². The summed E-state index contributed by atoms with van der Waals surface area (Å²) in [5, 5.41) is 4.89. The molecule has 6 heteroatoms. The zero-order valence-corrected chi connectivity index (χ0v) is 14.3. The van der Waals surface area contributed by atoms with Crippen molar-refractivity contribution < 1.29 is 0 Å². The van der Waals surface area contributed by atoms with Crippen LogP contribution in [0.5, 0.6) is 0 Å². The number of nitrogens with one attached hydrogen (secondary N) is 1. The fraction of sp³-hybridized carbons (Fsp3) is 0.600. The number of halogens is 1. The molecule has 21 heavy (non-hydrogen) atoms. The van der Waals surface area contributed by atoms with Crippen molar-refractivity contribution in [2.75, 3.05) is 25.0 Å². The van der Waals surface area contributed by atoms with Gasteiger partial charge in [-0.1, -0.05) is 0 Å². The van der Waals surface area contributed by atoms with Crippen LogP contribution in [0.25, 0.3) is 10.2 Å². The Morgan fingerprint density at radius 2 is 2.29 bits per heavy atom. The van der Waals surface area contributed by atoms with Crippen LogP contribution in [0.2, 0.25) is 5.28 Å². The van der Waals surface area contributed by atoms with E-state index in [1.54, 1.807) is 11.3 Å². The van der Waals surface area contributed by atoms with E-state index < -0.39 is 0 Å². The minimum atomic E-state index is 0.321. The van der Waals surface area contributed by atoms with Crippen LogP contribution in [0.15, 0.2) is 6.07 Å². The summed E-state index contributed by atoms with van der Waals surface area (Å²) < 4.78 is 0. The van der Waals surface area contributed by atoms with Gasteiger partial charge < -0.3 is 10.2 Å². The molecule has 0 aliphatic carbocycles. The van der Waals surface area contributed by atoms with Gasteiger partial charge in [-0.3, -0.25) is 0 Å². The molecule has 4 nitrogen and oxygen atoms in total. The third kappa shape index (κ3) is 3.30. The molecule has 3 rings (SSSR count). The first-order chi connectivity index (χ1) is 10.0. The van der Waals surface area contributed by atoms with Crippen LogP contribution in [-0.4, -0.2) is 40.5 Å². The Labute approximate surface area is 134 Å². The van der Waals surface area contributed by atoms with Gasteiger partial charge in [0, 0.05) is 24.0 Å². The lowest BCUT2D eigenvalue weighted by Gasteiger charge is -2.20. The summed E-state index contributed by atoms with van der Waals surface area (Å²) in [6, 6.07) is 2.77. The molecule has 2 aromatic rings. The van der Waals surface area contributed by atoms with Gasteiger partial charge >= 0.3 is 0 Å². The lowest BCUT2D eigenvalue weighted by Crippen LogP contribution is -2.29. The molecule has 1 aliphatic heterocycles. The standard InChI is InChI=1S/C15H21ClN4S/c1-9(2)20-5-4-11(8-20)7-17-13-12-6-10(3)21-14(12)19-15(16)18-13/h6,9,11H,4-5,7-8H2,1-3H3,(H,17,18,19). The number of fused-ring (bicyclic) bond motifs is 1. The maximum absolute atomic E-state index is 6.03. The fourth-order valence-electron chi connectivity index (χ4n) is 2.89. The number of nitrogens with zero attached hydrogens (tertiary/aromatic N) is 3. The van der Waals surface area contributed by atoms with Crippen molar-refractivity contribution in [2.45, 2.75) is 33.2 Å².